The molecule has 1 heterocycles. The summed E-state index contributed by atoms with van der Waals surface area (Å²) in [4.78, 5) is 0. The van der Waals surface area contributed by atoms with Gasteiger partial charge in [0.25, 0.3) is 0 Å². The minimum absolute atomic E-state index is 0.0365. The van der Waals surface area contributed by atoms with E-state index in [-0.39, 0.29) is 32.7 Å². The molecule has 0 amide bonds. The summed E-state index contributed by atoms with van der Waals surface area (Å²) in [5.41, 5.74) is 3.92. The lowest BCUT2D eigenvalue weighted by Crippen LogP contribution is -2.67. The van der Waals surface area contributed by atoms with E-state index in [1.54, 1.807) is 0 Å². The molecule has 0 bridgehead atoms. The molecule has 1 fully saturated rings. The maximum Gasteiger partial charge on any atom is 0.196 e. The molecule has 7 nitrogen and oxygen atoms in total. The van der Waals surface area contributed by atoms with Gasteiger partial charge in [0.1, 0.15) is 24.4 Å². The van der Waals surface area contributed by atoms with Crippen molar-refractivity contribution >= 4 is 0 Å². The van der Waals surface area contributed by atoms with Gasteiger partial charge in [-0.05, 0) is 22.3 Å². The predicted molar refractivity (Wildman–Crippen MR) is 166 cm³/mol. The number of nitrogens with zero attached hydrogens (tertiary/aromatic N) is 1. The third-order valence-corrected chi connectivity index (χ3v) is 7.62. The van der Waals surface area contributed by atoms with Crippen LogP contribution in [0.2, 0.25) is 0 Å². The highest BCUT2D eigenvalue weighted by Crippen LogP contribution is 2.38. The van der Waals surface area contributed by atoms with Crippen LogP contribution in [-0.2, 0) is 50.1 Å². The normalized spacial score (nSPS) is 23.2. The Morgan fingerprint density at radius 2 is 1.05 bits per heavy atom. The zero-order chi connectivity index (χ0) is 30.5. The Balaban J connectivity index is 1.45. The van der Waals surface area contributed by atoms with Crippen LogP contribution in [0.1, 0.15) is 35.1 Å². The van der Waals surface area contributed by atoms with Crippen molar-refractivity contribution in [3.63, 3.8) is 0 Å². The van der Waals surface area contributed by atoms with Crippen LogP contribution < -0.4 is 0 Å². The molecular formula is C37H39NO6. The highest BCUT2D eigenvalue weighted by atomic mass is 16.7. The molecular weight excluding hydrogens is 554 g/mol. The second-order valence-corrected chi connectivity index (χ2v) is 10.9. The minimum Gasteiger partial charge on any atom is -0.374 e. The van der Waals surface area contributed by atoms with Gasteiger partial charge in [0.15, 0.2) is 5.79 Å². The first-order chi connectivity index (χ1) is 21.6. The van der Waals surface area contributed by atoms with E-state index in [9.17, 15) is 10.4 Å². The number of hydrogen-bond acceptors (Lipinski definition) is 7. The lowest BCUT2D eigenvalue weighted by Gasteiger charge is -2.50. The fourth-order valence-electron chi connectivity index (χ4n) is 5.37. The highest BCUT2D eigenvalue weighted by molar-refractivity contribution is 5.17. The number of aliphatic hydroxyl groups is 1. The summed E-state index contributed by atoms with van der Waals surface area (Å²) in [7, 11) is 0. The average Bonchev–Trinajstić information content (AvgIpc) is 3.07. The van der Waals surface area contributed by atoms with Crippen LogP contribution in [0.15, 0.2) is 121 Å². The Bertz CT molecular complexity index is 1420. The van der Waals surface area contributed by atoms with Crippen molar-refractivity contribution in [3.05, 3.63) is 144 Å². The topological polar surface area (TPSA) is 90.2 Å². The number of rotatable bonds is 15. The lowest BCUT2D eigenvalue weighted by molar-refractivity contribution is -0.372. The summed E-state index contributed by atoms with van der Waals surface area (Å²) in [5, 5.41) is 21.6. The highest BCUT2D eigenvalue weighted by Gasteiger charge is 2.56. The summed E-state index contributed by atoms with van der Waals surface area (Å²) in [5.74, 6) is -1.82. The van der Waals surface area contributed by atoms with E-state index in [4.69, 9.17) is 23.7 Å². The number of ether oxygens (including phenoxy) is 5. The SMILES string of the molecule is N#CCC[C@]1(O)O[C@H](COCc2ccccc2)[C@@H](OCc2ccccc2)[C@H](OCc2ccccc2)[C@H]1OCc1ccccc1. The van der Waals surface area contributed by atoms with Crippen molar-refractivity contribution in [1.29, 1.82) is 5.26 Å². The smallest absolute Gasteiger partial charge is 0.196 e. The molecule has 44 heavy (non-hydrogen) atoms. The maximum atomic E-state index is 12.1. The lowest BCUT2D eigenvalue weighted by atomic mass is 9.89. The van der Waals surface area contributed by atoms with E-state index in [0.717, 1.165) is 22.3 Å². The molecule has 1 aliphatic heterocycles. The largest absolute Gasteiger partial charge is 0.374 e. The van der Waals surface area contributed by atoms with Gasteiger partial charge in [0.05, 0.1) is 39.1 Å². The molecule has 0 spiro atoms. The van der Waals surface area contributed by atoms with Gasteiger partial charge in [-0.2, -0.15) is 5.26 Å². The molecule has 1 saturated heterocycles. The molecule has 1 N–H and O–H groups in total. The van der Waals surface area contributed by atoms with E-state index in [1.807, 2.05) is 121 Å². The van der Waals surface area contributed by atoms with Crippen molar-refractivity contribution in [2.45, 2.75) is 69.5 Å². The van der Waals surface area contributed by atoms with Gasteiger partial charge >= 0.3 is 0 Å². The standard InChI is InChI=1S/C37H39NO6/c38-23-13-22-37(39)36(43-27-32-20-11-4-12-21-32)35(42-26-31-18-9-3-10-19-31)34(41-25-30-16-7-2-8-17-30)33(44-37)28-40-24-29-14-5-1-6-15-29/h1-12,14-21,33-36,39H,13,22,24-28H2/t33-,34-,35+,36-,37+/m1/s1. The van der Waals surface area contributed by atoms with Crippen LogP contribution in [0.5, 0.6) is 0 Å². The Hall–Kier alpha value is -3.87. The fraction of sp³-hybridized carbons (Fsp3) is 0.324. The molecule has 0 radical (unpaired) electrons. The second-order valence-electron chi connectivity index (χ2n) is 10.9. The van der Waals surface area contributed by atoms with E-state index in [2.05, 4.69) is 6.07 Å². The zero-order valence-corrected chi connectivity index (χ0v) is 24.7. The molecule has 4 aromatic rings. The van der Waals surface area contributed by atoms with Crippen LogP contribution in [0.4, 0.5) is 0 Å². The first-order valence-corrected chi connectivity index (χ1v) is 15.0. The van der Waals surface area contributed by atoms with Crippen molar-refractivity contribution in [2.75, 3.05) is 6.61 Å². The van der Waals surface area contributed by atoms with Gasteiger partial charge in [-0.1, -0.05) is 121 Å². The third kappa shape index (κ3) is 8.84. The summed E-state index contributed by atoms with van der Waals surface area (Å²) < 4.78 is 32.2. The molecule has 0 saturated carbocycles. The summed E-state index contributed by atoms with van der Waals surface area (Å²) in [6.07, 6.45) is -2.95. The van der Waals surface area contributed by atoms with Crippen molar-refractivity contribution < 1.29 is 28.8 Å². The summed E-state index contributed by atoms with van der Waals surface area (Å²) in [6, 6.07) is 41.5. The van der Waals surface area contributed by atoms with Crippen molar-refractivity contribution in [1.82, 2.24) is 0 Å². The van der Waals surface area contributed by atoms with Gasteiger partial charge in [0, 0.05) is 12.8 Å². The first-order valence-electron chi connectivity index (χ1n) is 15.0. The van der Waals surface area contributed by atoms with Crippen LogP contribution in [0.3, 0.4) is 0 Å². The molecule has 228 valence electrons. The summed E-state index contributed by atoms with van der Waals surface area (Å²) >= 11 is 0. The van der Waals surface area contributed by atoms with Crippen LogP contribution in [-0.4, -0.2) is 41.9 Å². The zero-order valence-electron chi connectivity index (χ0n) is 24.7. The predicted octanol–water partition coefficient (Wildman–Crippen LogP) is 6.35. The fourth-order valence-corrected chi connectivity index (χ4v) is 5.37. The average molecular weight is 594 g/mol. The van der Waals surface area contributed by atoms with E-state index in [0.29, 0.717) is 13.2 Å². The molecule has 1 aliphatic rings. The first kappa shape index (κ1) is 31.6. The molecule has 0 aliphatic carbocycles. The van der Waals surface area contributed by atoms with Gasteiger partial charge in [-0.25, -0.2) is 0 Å². The molecule has 0 unspecified atom stereocenters. The van der Waals surface area contributed by atoms with Gasteiger partial charge < -0.3 is 28.8 Å². The summed E-state index contributed by atoms with van der Waals surface area (Å²) in [6.45, 7) is 1.30. The Kier molecular flexibility index (Phi) is 11.7. The monoisotopic (exact) mass is 593 g/mol. The molecule has 0 aromatic heterocycles. The van der Waals surface area contributed by atoms with Gasteiger partial charge in [-0.3, -0.25) is 0 Å². The van der Waals surface area contributed by atoms with Gasteiger partial charge in [0.2, 0.25) is 0 Å². The number of benzene rings is 4. The number of hydrogen-bond donors (Lipinski definition) is 1. The van der Waals surface area contributed by atoms with E-state index < -0.39 is 30.2 Å². The molecule has 7 heteroatoms. The maximum absolute atomic E-state index is 12.1. The van der Waals surface area contributed by atoms with E-state index in [1.165, 1.54) is 0 Å². The Morgan fingerprint density at radius 1 is 0.614 bits per heavy atom. The van der Waals surface area contributed by atoms with Crippen LogP contribution in [0, 0.1) is 11.3 Å². The Labute approximate surface area is 259 Å². The number of nitriles is 1. The third-order valence-electron chi connectivity index (χ3n) is 7.62. The minimum atomic E-state index is -1.82. The Morgan fingerprint density at radius 3 is 1.52 bits per heavy atom. The van der Waals surface area contributed by atoms with Crippen molar-refractivity contribution in [3.8, 4) is 6.07 Å². The molecule has 5 rings (SSSR count). The second kappa shape index (κ2) is 16.3. The quantitative estimate of drug-likeness (QED) is 0.172. The van der Waals surface area contributed by atoms with Crippen LogP contribution in [0.25, 0.3) is 0 Å². The van der Waals surface area contributed by atoms with Crippen LogP contribution >= 0.6 is 0 Å². The van der Waals surface area contributed by atoms with Crippen molar-refractivity contribution in [2.24, 2.45) is 0 Å². The molecule has 4 aromatic carbocycles. The molecule has 5 atom stereocenters. The van der Waals surface area contributed by atoms with E-state index >= 15 is 0 Å². The van der Waals surface area contributed by atoms with Gasteiger partial charge in [-0.15, -0.1) is 0 Å².